The maximum atomic E-state index is 12.4. The molecule has 1 unspecified atom stereocenters. The van der Waals surface area contributed by atoms with Crippen LogP contribution >= 0.6 is 0 Å². The number of alkyl halides is 1. The maximum absolute atomic E-state index is 12.4. The molecular formula is C9H18FNO2. The van der Waals surface area contributed by atoms with Crippen molar-refractivity contribution in [2.45, 2.75) is 32.9 Å². The topological polar surface area (TPSA) is 29.5 Å². The number of carbonyl (C=O) groups excluding carboxylic acids is 1. The number of amides is 1. The first-order valence-corrected chi connectivity index (χ1v) is 4.59. The maximum Gasteiger partial charge on any atom is 0.409 e. The predicted octanol–water partition coefficient (Wildman–Crippen LogP) is 2.21. The summed E-state index contributed by atoms with van der Waals surface area (Å²) < 4.78 is 17.1. The van der Waals surface area contributed by atoms with Crippen molar-refractivity contribution in [2.75, 3.05) is 20.2 Å². The minimum absolute atomic E-state index is 0.339. The first-order chi connectivity index (χ1) is 6.07. The van der Waals surface area contributed by atoms with E-state index in [4.69, 9.17) is 4.74 Å². The van der Waals surface area contributed by atoms with E-state index >= 15 is 0 Å². The van der Waals surface area contributed by atoms with Crippen molar-refractivity contribution < 1.29 is 13.9 Å². The number of carbonyl (C=O) groups is 1. The molecule has 1 atom stereocenters. The van der Waals surface area contributed by atoms with E-state index in [2.05, 4.69) is 0 Å². The van der Waals surface area contributed by atoms with Gasteiger partial charge in [0.2, 0.25) is 0 Å². The largest absolute Gasteiger partial charge is 0.450 e. The van der Waals surface area contributed by atoms with Gasteiger partial charge in [-0.3, -0.25) is 0 Å². The SMILES string of the molecule is CCOC(=O)N(C)CCCC(C)F. The molecule has 0 radical (unpaired) electrons. The second-order valence-corrected chi connectivity index (χ2v) is 3.04. The predicted molar refractivity (Wildman–Crippen MR) is 49.5 cm³/mol. The van der Waals surface area contributed by atoms with Gasteiger partial charge in [-0.15, -0.1) is 0 Å². The Morgan fingerprint density at radius 2 is 2.23 bits per heavy atom. The highest BCUT2D eigenvalue weighted by Gasteiger charge is 2.08. The van der Waals surface area contributed by atoms with Gasteiger partial charge in [0.15, 0.2) is 0 Å². The zero-order valence-electron chi connectivity index (χ0n) is 8.55. The number of halogens is 1. The Morgan fingerprint density at radius 1 is 1.62 bits per heavy atom. The minimum Gasteiger partial charge on any atom is -0.450 e. The van der Waals surface area contributed by atoms with Crippen molar-refractivity contribution in [3.8, 4) is 0 Å². The molecule has 0 N–H and O–H groups in total. The van der Waals surface area contributed by atoms with Gasteiger partial charge in [-0.25, -0.2) is 9.18 Å². The molecule has 4 heteroatoms. The molecule has 0 aromatic carbocycles. The van der Waals surface area contributed by atoms with E-state index in [1.165, 1.54) is 11.8 Å². The van der Waals surface area contributed by atoms with Gasteiger partial charge in [-0.1, -0.05) is 0 Å². The third kappa shape index (κ3) is 6.37. The molecule has 0 aromatic heterocycles. The third-order valence-corrected chi connectivity index (χ3v) is 1.67. The van der Waals surface area contributed by atoms with Crippen LogP contribution in [0, 0.1) is 0 Å². The monoisotopic (exact) mass is 191 g/mol. The summed E-state index contributed by atoms with van der Waals surface area (Å²) in [5, 5.41) is 0. The lowest BCUT2D eigenvalue weighted by atomic mass is 10.2. The smallest absolute Gasteiger partial charge is 0.409 e. The molecular weight excluding hydrogens is 173 g/mol. The van der Waals surface area contributed by atoms with Gasteiger partial charge in [-0.2, -0.15) is 0 Å². The van der Waals surface area contributed by atoms with Crippen LogP contribution in [-0.4, -0.2) is 37.4 Å². The van der Waals surface area contributed by atoms with Crippen molar-refractivity contribution in [1.29, 1.82) is 0 Å². The Hall–Kier alpha value is -0.800. The molecule has 0 aliphatic heterocycles. The van der Waals surface area contributed by atoms with Crippen LogP contribution < -0.4 is 0 Å². The first kappa shape index (κ1) is 12.2. The standard InChI is InChI=1S/C9H18FNO2/c1-4-13-9(12)11(3)7-5-6-8(2)10/h8H,4-7H2,1-3H3. The molecule has 0 saturated heterocycles. The van der Waals surface area contributed by atoms with Gasteiger partial charge in [-0.05, 0) is 26.7 Å². The summed E-state index contributed by atoms with van der Waals surface area (Å²) in [5.41, 5.74) is 0. The van der Waals surface area contributed by atoms with Crippen molar-refractivity contribution in [3.05, 3.63) is 0 Å². The Morgan fingerprint density at radius 3 is 2.69 bits per heavy atom. The summed E-state index contributed by atoms with van der Waals surface area (Å²) in [5.74, 6) is 0. The zero-order chi connectivity index (χ0) is 10.3. The molecule has 0 aromatic rings. The Balaban J connectivity index is 3.49. The van der Waals surface area contributed by atoms with Crippen LogP contribution in [0.3, 0.4) is 0 Å². The lowest BCUT2D eigenvalue weighted by molar-refractivity contribution is 0.115. The molecule has 0 heterocycles. The van der Waals surface area contributed by atoms with E-state index in [9.17, 15) is 9.18 Å². The normalized spacial score (nSPS) is 12.3. The number of hydrogen-bond acceptors (Lipinski definition) is 2. The van der Waals surface area contributed by atoms with Crippen molar-refractivity contribution in [1.82, 2.24) is 4.90 Å². The number of rotatable bonds is 5. The van der Waals surface area contributed by atoms with Crippen LogP contribution in [0.2, 0.25) is 0 Å². The highest BCUT2D eigenvalue weighted by Crippen LogP contribution is 2.02. The average molecular weight is 191 g/mol. The van der Waals surface area contributed by atoms with Crippen LogP contribution in [0.1, 0.15) is 26.7 Å². The molecule has 0 aliphatic carbocycles. The fourth-order valence-corrected chi connectivity index (χ4v) is 0.935. The molecule has 78 valence electrons. The van der Waals surface area contributed by atoms with Gasteiger partial charge in [0.25, 0.3) is 0 Å². The molecule has 0 saturated carbocycles. The van der Waals surface area contributed by atoms with E-state index in [1.807, 2.05) is 0 Å². The van der Waals surface area contributed by atoms with Crippen molar-refractivity contribution >= 4 is 6.09 Å². The lowest BCUT2D eigenvalue weighted by Crippen LogP contribution is -2.28. The summed E-state index contributed by atoms with van der Waals surface area (Å²) in [4.78, 5) is 12.5. The van der Waals surface area contributed by atoms with E-state index < -0.39 is 6.17 Å². The van der Waals surface area contributed by atoms with Gasteiger partial charge < -0.3 is 9.64 Å². The van der Waals surface area contributed by atoms with E-state index in [1.54, 1.807) is 14.0 Å². The second-order valence-electron chi connectivity index (χ2n) is 3.04. The summed E-state index contributed by atoms with van der Waals surface area (Å²) >= 11 is 0. The fourth-order valence-electron chi connectivity index (χ4n) is 0.935. The van der Waals surface area contributed by atoms with Crippen LogP contribution in [0.25, 0.3) is 0 Å². The lowest BCUT2D eigenvalue weighted by Gasteiger charge is -2.16. The molecule has 3 nitrogen and oxygen atoms in total. The molecule has 0 rings (SSSR count). The Bertz CT molecular complexity index is 151. The van der Waals surface area contributed by atoms with Gasteiger partial charge in [0.1, 0.15) is 0 Å². The van der Waals surface area contributed by atoms with Gasteiger partial charge in [0.05, 0.1) is 12.8 Å². The summed E-state index contributed by atoms with van der Waals surface area (Å²) in [6, 6.07) is 0. The summed E-state index contributed by atoms with van der Waals surface area (Å²) in [7, 11) is 1.65. The van der Waals surface area contributed by atoms with Crippen LogP contribution in [-0.2, 0) is 4.74 Å². The quantitative estimate of drug-likeness (QED) is 0.666. The third-order valence-electron chi connectivity index (χ3n) is 1.67. The molecule has 1 amide bonds. The Kier molecular flexibility index (Phi) is 6.28. The summed E-state index contributed by atoms with van der Waals surface area (Å²) in [6.45, 7) is 4.20. The fraction of sp³-hybridized carbons (Fsp3) is 0.889. The van der Waals surface area contributed by atoms with Crippen LogP contribution in [0.15, 0.2) is 0 Å². The van der Waals surface area contributed by atoms with Crippen molar-refractivity contribution in [2.24, 2.45) is 0 Å². The highest BCUT2D eigenvalue weighted by molar-refractivity contribution is 5.67. The minimum atomic E-state index is -0.796. The van der Waals surface area contributed by atoms with Crippen LogP contribution in [0.4, 0.5) is 9.18 Å². The molecule has 0 bridgehead atoms. The van der Waals surface area contributed by atoms with Crippen molar-refractivity contribution in [3.63, 3.8) is 0 Å². The number of hydrogen-bond donors (Lipinski definition) is 0. The Labute approximate surface area is 78.9 Å². The summed E-state index contributed by atoms with van der Waals surface area (Å²) in [6.07, 6.45) is 0.0288. The molecule has 13 heavy (non-hydrogen) atoms. The average Bonchev–Trinajstić information content (AvgIpc) is 2.04. The van der Waals surface area contributed by atoms with E-state index in [-0.39, 0.29) is 6.09 Å². The van der Waals surface area contributed by atoms with E-state index in [0.29, 0.717) is 26.0 Å². The number of nitrogens with zero attached hydrogens (tertiary/aromatic N) is 1. The first-order valence-electron chi connectivity index (χ1n) is 4.59. The molecule has 0 aliphatic rings. The van der Waals surface area contributed by atoms with Crippen LogP contribution in [0.5, 0.6) is 0 Å². The highest BCUT2D eigenvalue weighted by atomic mass is 19.1. The van der Waals surface area contributed by atoms with Gasteiger partial charge >= 0.3 is 6.09 Å². The second kappa shape index (κ2) is 6.69. The van der Waals surface area contributed by atoms with Gasteiger partial charge in [0, 0.05) is 13.6 Å². The number of ether oxygens (including phenoxy) is 1. The molecule has 0 fully saturated rings. The molecule has 0 spiro atoms. The van der Waals surface area contributed by atoms with E-state index in [0.717, 1.165) is 0 Å². The zero-order valence-corrected chi connectivity index (χ0v) is 8.55.